The Morgan fingerprint density at radius 3 is 2.61 bits per heavy atom. The van der Waals surface area contributed by atoms with Gasteiger partial charge in [-0.15, -0.1) is 11.3 Å². The second kappa shape index (κ2) is 12.0. The molecule has 8 heteroatoms. The minimum absolute atomic E-state index is 0.0492. The van der Waals surface area contributed by atoms with Crippen molar-refractivity contribution in [3.63, 3.8) is 0 Å². The highest BCUT2D eigenvalue weighted by molar-refractivity contribution is 7.13. The number of aromatic nitrogens is 2. The van der Waals surface area contributed by atoms with E-state index < -0.39 is 0 Å². The Morgan fingerprint density at radius 2 is 1.89 bits per heavy atom. The summed E-state index contributed by atoms with van der Waals surface area (Å²) in [5.74, 6) is 0.785. The predicted molar refractivity (Wildman–Crippen MR) is 149 cm³/mol. The quantitative estimate of drug-likeness (QED) is 0.262. The fourth-order valence-electron chi connectivity index (χ4n) is 4.76. The van der Waals surface area contributed by atoms with Gasteiger partial charge in [-0.25, -0.2) is 4.98 Å². The van der Waals surface area contributed by atoms with Crippen molar-refractivity contribution in [2.45, 2.75) is 25.4 Å². The lowest BCUT2D eigenvalue weighted by Gasteiger charge is -2.32. The number of rotatable bonds is 9. The summed E-state index contributed by atoms with van der Waals surface area (Å²) in [6.45, 7) is 2.45. The van der Waals surface area contributed by atoms with Crippen molar-refractivity contribution in [2.24, 2.45) is 0 Å². The van der Waals surface area contributed by atoms with Crippen molar-refractivity contribution in [2.75, 3.05) is 26.7 Å². The molecule has 1 atom stereocenters. The van der Waals surface area contributed by atoms with E-state index in [1.165, 1.54) is 11.3 Å². The van der Waals surface area contributed by atoms with Gasteiger partial charge >= 0.3 is 0 Å². The zero-order valence-electron chi connectivity index (χ0n) is 21.3. The Kier molecular flexibility index (Phi) is 8.07. The predicted octanol–water partition coefficient (Wildman–Crippen LogP) is 5.71. The number of nitrogens with zero attached hydrogens (tertiary/aromatic N) is 5. The molecule has 1 unspecified atom stereocenters. The average molecular weight is 524 g/mol. The van der Waals surface area contributed by atoms with Gasteiger partial charge in [-0.3, -0.25) is 14.7 Å². The standard InChI is InChI=1S/C30H29N5O2S/c1-34(30(36)27-21-38-29(33-27)25-5-2-15-32-20-25)28-6-3-16-35(28)17-4-18-37-26-13-11-24(12-14-26)23-9-7-22(19-31)8-10-23/h2,5,7-15,20-21,28H,3-4,6,16-18H2,1H3. The van der Waals surface area contributed by atoms with Crippen LogP contribution in [-0.4, -0.2) is 58.6 Å². The average Bonchev–Trinajstić information content (AvgIpc) is 3.66. The smallest absolute Gasteiger partial charge is 0.274 e. The van der Waals surface area contributed by atoms with E-state index in [9.17, 15) is 4.79 Å². The Labute approximate surface area is 227 Å². The molecular weight excluding hydrogens is 494 g/mol. The second-order valence-electron chi connectivity index (χ2n) is 9.27. The molecule has 0 aliphatic carbocycles. The third kappa shape index (κ3) is 5.91. The molecule has 1 fully saturated rings. The summed E-state index contributed by atoms with van der Waals surface area (Å²) in [6.07, 6.45) is 6.46. The highest BCUT2D eigenvalue weighted by Crippen LogP contribution is 2.26. The van der Waals surface area contributed by atoms with E-state index in [0.29, 0.717) is 17.9 Å². The highest BCUT2D eigenvalue weighted by atomic mass is 32.1. The van der Waals surface area contributed by atoms with E-state index in [1.54, 1.807) is 12.4 Å². The molecule has 2 aromatic heterocycles. The van der Waals surface area contributed by atoms with Gasteiger partial charge in [0.05, 0.1) is 24.4 Å². The molecule has 1 amide bonds. The SMILES string of the molecule is CN(C(=O)c1csc(-c2cccnc2)n1)C1CCCN1CCCOc1ccc(-c2ccc(C#N)cc2)cc1. The fraction of sp³-hybridized carbons (Fsp3) is 0.267. The van der Waals surface area contributed by atoms with Crippen LogP contribution in [0.25, 0.3) is 21.7 Å². The van der Waals surface area contributed by atoms with Crippen LogP contribution in [0.15, 0.2) is 78.4 Å². The number of benzene rings is 2. The molecule has 0 N–H and O–H groups in total. The third-order valence-electron chi connectivity index (χ3n) is 6.79. The fourth-order valence-corrected chi connectivity index (χ4v) is 5.54. The normalized spacial score (nSPS) is 15.2. The van der Waals surface area contributed by atoms with Crippen LogP contribution >= 0.6 is 11.3 Å². The van der Waals surface area contributed by atoms with E-state index in [2.05, 4.69) is 20.9 Å². The summed E-state index contributed by atoms with van der Waals surface area (Å²) < 4.78 is 5.99. The van der Waals surface area contributed by atoms with Crippen LogP contribution in [0.4, 0.5) is 0 Å². The number of hydrogen-bond acceptors (Lipinski definition) is 7. The van der Waals surface area contributed by atoms with E-state index in [-0.39, 0.29) is 12.1 Å². The maximum absolute atomic E-state index is 13.2. The van der Waals surface area contributed by atoms with Gasteiger partial charge in [0.2, 0.25) is 0 Å². The summed E-state index contributed by atoms with van der Waals surface area (Å²) in [6, 6.07) is 21.6. The van der Waals surface area contributed by atoms with Gasteiger partial charge in [-0.1, -0.05) is 24.3 Å². The third-order valence-corrected chi connectivity index (χ3v) is 7.68. The molecule has 1 aliphatic heterocycles. The van der Waals surface area contributed by atoms with Gasteiger partial charge in [0.25, 0.3) is 5.91 Å². The molecule has 7 nitrogen and oxygen atoms in total. The molecule has 0 bridgehead atoms. The lowest BCUT2D eigenvalue weighted by Crippen LogP contribution is -2.46. The molecule has 0 saturated carbocycles. The molecule has 4 aromatic rings. The maximum atomic E-state index is 13.2. The summed E-state index contributed by atoms with van der Waals surface area (Å²) in [4.78, 5) is 26.1. The molecule has 5 rings (SSSR count). The Bertz CT molecular complexity index is 1400. The first kappa shape index (κ1) is 25.6. The number of pyridine rings is 1. The molecule has 0 spiro atoms. The van der Waals surface area contributed by atoms with Crippen molar-refractivity contribution >= 4 is 17.2 Å². The van der Waals surface area contributed by atoms with Crippen molar-refractivity contribution in [1.29, 1.82) is 5.26 Å². The minimum atomic E-state index is -0.0492. The van der Waals surface area contributed by atoms with Crippen LogP contribution in [0.1, 0.15) is 35.3 Å². The Hall–Kier alpha value is -4.06. The lowest BCUT2D eigenvalue weighted by molar-refractivity contribution is 0.0521. The Balaban J connectivity index is 1.11. The van der Waals surface area contributed by atoms with Crippen LogP contribution in [0, 0.1) is 11.3 Å². The number of carbonyl (C=O) groups is 1. The van der Waals surface area contributed by atoms with Gasteiger partial charge in [-0.05, 0) is 66.8 Å². The summed E-state index contributed by atoms with van der Waals surface area (Å²) in [7, 11) is 1.88. The van der Waals surface area contributed by atoms with Crippen LogP contribution in [0.5, 0.6) is 5.75 Å². The first-order chi connectivity index (χ1) is 18.6. The van der Waals surface area contributed by atoms with Crippen LogP contribution in [-0.2, 0) is 0 Å². The first-order valence-electron chi connectivity index (χ1n) is 12.7. The van der Waals surface area contributed by atoms with E-state index in [1.807, 2.05) is 78.0 Å². The number of ether oxygens (including phenoxy) is 1. The van der Waals surface area contributed by atoms with Gasteiger partial charge in [0, 0.05) is 43.5 Å². The second-order valence-corrected chi connectivity index (χ2v) is 10.1. The van der Waals surface area contributed by atoms with Crippen molar-refractivity contribution < 1.29 is 9.53 Å². The molecular formula is C30H29N5O2S. The lowest BCUT2D eigenvalue weighted by atomic mass is 10.0. The van der Waals surface area contributed by atoms with E-state index in [4.69, 9.17) is 10.00 Å². The molecule has 192 valence electrons. The minimum Gasteiger partial charge on any atom is -0.494 e. The van der Waals surface area contributed by atoms with E-state index >= 15 is 0 Å². The molecule has 2 aromatic carbocycles. The molecule has 3 heterocycles. The van der Waals surface area contributed by atoms with Gasteiger partial charge < -0.3 is 9.64 Å². The molecule has 0 radical (unpaired) electrons. The van der Waals surface area contributed by atoms with Crippen molar-refractivity contribution in [1.82, 2.24) is 19.8 Å². The number of amides is 1. The zero-order chi connectivity index (χ0) is 26.3. The summed E-state index contributed by atoms with van der Waals surface area (Å²) in [5.41, 5.74) is 4.21. The van der Waals surface area contributed by atoms with Crippen molar-refractivity contribution in [3.8, 4) is 33.5 Å². The monoisotopic (exact) mass is 523 g/mol. The summed E-state index contributed by atoms with van der Waals surface area (Å²) >= 11 is 1.47. The number of likely N-dealkylation sites (tertiary alicyclic amines) is 1. The number of hydrogen-bond donors (Lipinski definition) is 0. The van der Waals surface area contributed by atoms with Gasteiger partial charge in [0.1, 0.15) is 16.5 Å². The largest absolute Gasteiger partial charge is 0.494 e. The highest BCUT2D eigenvalue weighted by Gasteiger charge is 2.31. The maximum Gasteiger partial charge on any atom is 0.274 e. The van der Waals surface area contributed by atoms with Crippen LogP contribution < -0.4 is 4.74 Å². The number of thiazole rings is 1. The summed E-state index contributed by atoms with van der Waals surface area (Å²) in [5, 5.41) is 11.6. The topological polar surface area (TPSA) is 82.3 Å². The number of carbonyl (C=O) groups excluding carboxylic acids is 1. The Morgan fingerprint density at radius 1 is 1.13 bits per heavy atom. The van der Waals surface area contributed by atoms with Gasteiger partial charge in [0.15, 0.2) is 0 Å². The van der Waals surface area contributed by atoms with Crippen LogP contribution in [0.2, 0.25) is 0 Å². The molecule has 1 saturated heterocycles. The van der Waals surface area contributed by atoms with Gasteiger partial charge in [-0.2, -0.15) is 5.26 Å². The van der Waals surface area contributed by atoms with E-state index in [0.717, 1.165) is 59.8 Å². The zero-order valence-corrected chi connectivity index (χ0v) is 22.1. The number of nitriles is 1. The van der Waals surface area contributed by atoms with Crippen LogP contribution in [0.3, 0.4) is 0 Å². The molecule has 38 heavy (non-hydrogen) atoms. The first-order valence-corrected chi connectivity index (χ1v) is 13.6. The van der Waals surface area contributed by atoms with Crippen molar-refractivity contribution in [3.05, 3.63) is 89.7 Å². The molecule has 1 aliphatic rings.